The molecule has 0 aromatic heterocycles. The Hall–Kier alpha value is -0.930. The van der Waals surface area contributed by atoms with Crippen LogP contribution in [-0.2, 0) is 0 Å². The van der Waals surface area contributed by atoms with E-state index in [1.54, 1.807) is 11.9 Å². The second kappa shape index (κ2) is 3.44. The molecule has 0 atom stereocenters. The highest BCUT2D eigenvalue weighted by molar-refractivity contribution is 8.06. The van der Waals surface area contributed by atoms with Gasteiger partial charge in [-0.1, -0.05) is 30.3 Å². The standard InChI is InChI=1S/C10H12N2S/c1-8-10(13-12(2)11-8)9-6-4-3-5-7-9/h3-7,11H,1-2H3. The predicted octanol–water partition coefficient (Wildman–Crippen LogP) is 2.47. The number of hydrogen-bond acceptors (Lipinski definition) is 3. The van der Waals surface area contributed by atoms with Gasteiger partial charge < -0.3 is 5.43 Å². The summed E-state index contributed by atoms with van der Waals surface area (Å²) in [7, 11) is 2.02. The lowest BCUT2D eigenvalue weighted by Crippen LogP contribution is -2.20. The Morgan fingerprint density at radius 2 is 1.92 bits per heavy atom. The largest absolute Gasteiger partial charge is 0.312 e. The molecule has 0 saturated heterocycles. The van der Waals surface area contributed by atoms with Gasteiger partial charge in [0.15, 0.2) is 0 Å². The third-order valence-electron chi connectivity index (χ3n) is 1.93. The van der Waals surface area contributed by atoms with E-state index in [2.05, 4.69) is 36.6 Å². The zero-order chi connectivity index (χ0) is 9.26. The maximum atomic E-state index is 3.24. The Labute approximate surface area is 82.7 Å². The van der Waals surface area contributed by atoms with E-state index in [0.29, 0.717) is 0 Å². The van der Waals surface area contributed by atoms with Crippen molar-refractivity contribution in [3.8, 4) is 0 Å². The van der Waals surface area contributed by atoms with Gasteiger partial charge in [0.25, 0.3) is 0 Å². The van der Waals surface area contributed by atoms with Crippen molar-refractivity contribution in [3.63, 3.8) is 0 Å². The lowest BCUT2D eigenvalue weighted by atomic mass is 10.2. The number of allylic oxidation sites excluding steroid dienone is 1. The summed E-state index contributed by atoms with van der Waals surface area (Å²) < 4.78 is 2.01. The van der Waals surface area contributed by atoms with Gasteiger partial charge >= 0.3 is 0 Å². The van der Waals surface area contributed by atoms with Gasteiger partial charge in [-0.2, -0.15) is 4.41 Å². The van der Waals surface area contributed by atoms with Gasteiger partial charge in [0.2, 0.25) is 0 Å². The Bertz CT molecular complexity index is 332. The van der Waals surface area contributed by atoms with Gasteiger partial charge in [0.1, 0.15) is 0 Å². The number of hydrogen-bond donors (Lipinski definition) is 1. The normalized spacial score (nSPS) is 17.7. The SMILES string of the molecule is CC1=C(c2ccccc2)SN(C)N1. The molecule has 0 unspecified atom stereocenters. The van der Waals surface area contributed by atoms with E-state index in [9.17, 15) is 0 Å². The first-order valence-electron chi connectivity index (χ1n) is 4.22. The van der Waals surface area contributed by atoms with Crippen LogP contribution in [0.25, 0.3) is 4.91 Å². The molecule has 13 heavy (non-hydrogen) atoms. The Balaban J connectivity index is 2.33. The third-order valence-corrected chi connectivity index (χ3v) is 3.02. The van der Waals surface area contributed by atoms with E-state index in [1.165, 1.54) is 16.2 Å². The molecule has 0 fully saturated rings. The molecule has 2 rings (SSSR count). The van der Waals surface area contributed by atoms with E-state index >= 15 is 0 Å². The Morgan fingerprint density at radius 1 is 1.23 bits per heavy atom. The fourth-order valence-electron chi connectivity index (χ4n) is 1.37. The van der Waals surface area contributed by atoms with Crippen molar-refractivity contribution in [2.24, 2.45) is 0 Å². The molecule has 0 aliphatic carbocycles. The second-order valence-corrected chi connectivity index (χ2v) is 4.16. The van der Waals surface area contributed by atoms with Crippen molar-refractivity contribution in [1.82, 2.24) is 9.84 Å². The molecule has 3 heteroatoms. The molecule has 1 N–H and O–H groups in total. The van der Waals surface area contributed by atoms with E-state index in [4.69, 9.17) is 0 Å². The molecular weight excluding hydrogens is 180 g/mol. The number of nitrogens with one attached hydrogen (secondary N) is 1. The van der Waals surface area contributed by atoms with Crippen LogP contribution in [0.5, 0.6) is 0 Å². The molecule has 1 aliphatic heterocycles. The van der Waals surface area contributed by atoms with E-state index < -0.39 is 0 Å². The van der Waals surface area contributed by atoms with Gasteiger partial charge in [-0.3, -0.25) is 0 Å². The summed E-state index contributed by atoms with van der Waals surface area (Å²) in [5.41, 5.74) is 5.74. The maximum absolute atomic E-state index is 3.24. The lowest BCUT2D eigenvalue weighted by Gasteiger charge is -2.06. The molecule has 1 aromatic carbocycles. The molecule has 1 aliphatic rings. The summed E-state index contributed by atoms with van der Waals surface area (Å²) >= 11 is 1.73. The van der Waals surface area contributed by atoms with Crippen molar-refractivity contribution < 1.29 is 0 Å². The molecule has 1 heterocycles. The van der Waals surface area contributed by atoms with E-state index in [1.807, 2.05) is 17.5 Å². The van der Waals surface area contributed by atoms with Crippen molar-refractivity contribution in [1.29, 1.82) is 0 Å². The molecule has 0 amide bonds. The fraction of sp³-hybridized carbons (Fsp3) is 0.200. The van der Waals surface area contributed by atoms with Gasteiger partial charge in [-0.15, -0.1) is 0 Å². The first-order chi connectivity index (χ1) is 6.27. The average Bonchev–Trinajstić information content (AvgIpc) is 2.47. The minimum atomic E-state index is 1.22. The van der Waals surface area contributed by atoms with Crippen LogP contribution in [0.3, 0.4) is 0 Å². The third kappa shape index (κ3) is 1.71. The van der Waals surface area contributed by atoms with Gasteiger partial charge in [-0.25, -0.2) is 0 Å². The second-order valence-electron chi connectivity index (χ2n) is 3.02. The summed E-state index contributed by atoms with van der Waals surface area (Å²) in [4.78, 5) is 1.31. The smallest absolute Gasteiger partial charge is 0.0520 e. The predicted molar refractivity (Wildman–Crippen MR) is 57.5 cm³/mol. The number of benzene rings is 1. The van der Waals surface area contributed by atoms with Crippen molar-refractivity contribution in [3.05, 3.63) is 41.6 Å². The van der Waals surface area contributed by atoms with Crippen LogP contribution < -0.4 is 5.43 Å². The monoisotopic (exact) mass is 192 g/mol. The van der Waals surface area contributed by atoms with Crippen molar-refractivity contribution >= 4 is 16.9 Å². The fourth-order valence-corrected chi connectivity index (χ4v) is 2.25. The topological polar surface area (TPSA) is 15.3 Å². The van der Waals surface area contributed by atoms with Crippen LogP contribution in [-0.4, -0.2) is 11.5 Å². The van der Waals surface area contributed by atoms with Gasteiger partial charge in [0.05, 0.1) is 4.91 Å². The number of nitrogens with zero attached hydrogens (tertiary/aromatic N) is 1. The van der Waals surface area contributed by atoms with E-state index in [-0.39, 0.29) is 0 Å². The van der Waals surface area contributed by atoms with Crippen LogP contribution >= 0.6 is 11.9 Å². The molecule has 68 valence electrons. The summed E-state index contributed by atoms with van der Waals surface area (Å²) in [6.45, 7) is 2.10. The Morgan fingerprint density at radius 3 is 2.46 bits per heavy atom. The van der Waals surface area contributed by atoms with Crippen LogP contribution in [0.2, 0.25) is 0 Å². The molecule has 0 spiro atoms. The zero-order valence-corrected chi connectivity index (χ0v) is 8.56. The van der Waals surface area contributed by atoms with Gasteiger partial charge in [0, 0.05) is 12.7 Å². The summed E-state index contributed by atoms with van der Waals surface area (Å²) in [6, 6.07) is 10.4. The number of rotatable bonds is 1. The van der Waals surface area contributed by atoms with Crippen LogP contribution in [0.15, 0.2) is 36.0 Å². The minimum absolute atomic E-state index is 1.22. The average molecular weight is 192 g/mol. The summed E-state index contributed by atoms with van der Waals surface area (Å²) in [5.74, 6) is 0. The summed E-state index contributed by atoms with van der Waals surface area (Å²) in [5, 5.41) is 0. The zero-order valence-electron chi connectivity index (χ0n) is 7.74. The first-order valence-corrected chi connectivity index (χ1v) is 4.99. The molecule has 0 radical (unpaired) electrons. The molecule has 0 bridgehead atoms. The quantitative estimate of drug-likeness (QED) is 0.688. The van der Waals surface area contributed by atoms with Crippen LogP contribution in [0.1, 0.15) is 12.5 Å². The van der Waals surface area contributed by atoms with Crippen LogP contribution in [0, 0.1) is 0 Å². The lowest BCUT2D eigenvalue weighted by molar-refractivity contribution is 0.484. The van der Waals surface area contributed by atoms with Crippen LogP contribution in [0.4, 0.5) is 0 Å². The first kappa shape index (κ1) is 8.66. The molecule has 2 nitrogen and oxygen atoms in total. The number of hydrazine groups is 1. The molecule has 1 aromatic rings. The summed E-state index contributed by atoms with van der Waals surface area (Å²) in [6.07, 6.45) is 0. The molecular formula is C10H12N2S. The van der Waals surface area contributed by atoms with E-state index in [0.717, 1.165) is 0 Å². The van der Waals surface area contributed by atoms with Crippen molar-refractivity contribution in [2.45, 2.75) is 6.92 Å². The maximum Gasteiger partial charge on any atom is 0.0520 e. The minimum Gasteiger partial charge on any atom is -0.312 e. The Kier molecular flexibility index (Phi) is 2.29. The highest BCUT2D eigenvalue weighted by atomic mass is 32.2. The highest BCUT2D eigenvalue weighted by Crippen LogP contribution is 2.35. The van der Waals surface area contributed by atoms with Gasteiger partial charge in [-0.05, 0) is 24.4 Å². The highest BCUT2D eigenvalue weighted by Gasteiger charge is 2.16. The van der Waals surface area contributed by atoms with Crippen molar-refractivity contribution in [2.75, 3.05) is 7.05 Å². The molecule has 0 saturated carbocycles.